The first kappa shape index (κ1) is 13.7. The minimum Gasteiger partial charge on any atom is -0.466 e. The van der Waals surface area contributed by atoms with Crippen LogP contribution in [0.15, 0.2) is 29.2 Å². The predicted molar refractivity (Wildman–Crippen MR) is 64.5 cm³/mol. The highest BCUT2D eigenvalue weighted by molar-refractivity contribution is 7.91. The SMILES string of the molecule is CCOC(=O)CCS(=O)(=O)c1ccccc1C. The van der Waals surface area contributed by atoms with Gasteiger partial charge in [0.15, 0.2) is 9.84 Å². The lowest BCUT2D eigenvalue weighted by Gasteiger charge is -2.07. The molecule has 0 aliphatic rings. The standard InChI is InChI=1S/C12H16O4S/c1-3-16-12(13)8-9-17(14,15)11-7-5-4-6-10(11)2/h4-7H,3,8-9H2,1-2H3. The molecule has 0 unspecified atom stereocenters. The van der Waals surface area contributed by atoms with Crippen LogP contribution in [-0.4, -0.2) is 26.7 Å². The fraction of sp³-hybridized carbons (Fsp3) is 0.417. The van der Waals surface area contributed by atoms with Gasteiger partial charge in [0.1, 0.15) is 0 Å². The van der Waals surface area contributed by atoms with E-state index in [1.807, 2.05) is 0 Å². The van der Waals surface area contributed by atoms with E-state index in [2.05, 4.69) is 0 Å². The normalized spacial score (nSPS) is 11.2. The molecule has 0 saturated heterocycles. The van der Waals surface area contributed by atoms with Crippen molar-refractivity contribution in [2.45, 2.75) is 25.2 Å². The van der Waals surface area contributed by atoms with Crippen LogP contribution >= 0.6 is 0 Å². The summed E-state index contributed by atoms with van der Waals surface area (Å²) in [5.41, 5.74) is 0.691. The molecule has 4 nitrogen and oxygen atoms in total. The number of hydrogen-bond donors (Lipinski definition) is 0. The van der Waals surface area contributed by atoms with E-state index >= 15 is 0 Å². The summed E-state index contributed by atoms with van der Waals surface area (Å²) < 4.78 is 28.6. The molecule has 0 spiro atoms. The Kier molecular flexibility index (Phi) is 4.69. The van der Waals surface area contributed by atoms with Crippen LogP contribution in [0.3, 0.4) is 0 Å². The Labute approximate surface area is 102 Å². The molecule has 1 rings (SSSR count). The van der Waals surface area contributed by atoms with E-state index in [4.69, 9.17) is 4.74 Å². The van der Waals surface area contributed by atoms with Gasteiger partial charge < -0.3 is 4.74 Å². The molecule has 0 aliphatic carbocycles. The summed E-state index contributed by atoms with van der Waals surface area (Å²) in [6.07, 6.45) is -0.107. The molecule has 0 saturated carbocycles. The van der Waals surface area contributed by atoms with E-state index in [1.54, 1.807) is 38.1 Å². The lowest BCUT2D eigenvalue weighted by atomic mass is 10.2. The van der Waals surface area contributed by atoms with Crippen LogP contribution in [0, 0.1) is 6.92 Å². The lowest BCUT2D eigenvalue weighted by Crippen LogP contribution is -2.14. The van der Waals surface area contributed by atoms with E-state index in [9.17, 15) is 13.2 Å². The number of benzene rings is 1. The van der Waals surface area contributed by atoms with E-state index < -0.39 is 15.8 Å². The van der Waals surface area contributed by atoms with Gasteiger partial charge in [-0.2, -0.15) is 0 Å². The number of hydrogen-bond acceptors (Lipinski definition) is 4. The predicted octanol–water partition coefficient (Wildman–Crippen LogP) is 1.72. The van der Waals surface area contributed by atoms with Gasteiger partial charge in [0.05, 0.1) is 23.7 Å². The van der Waals surface area contributed by atoms with Crippen LogP contribution < -0.4 is 0 Å². The number of carbonyl (C=O) groups is 1. The molecular weight excluding hydrogens is 240 g/mol. The maximum atomic E-state index is 12.0. The molecule has 1 aromatic rings. The minimum absolute atomic E-state index is 0.107. The molecule has 0 heterocycles. The van der Waals surface area contributed by atoms with Crippen LogP contribution in [-0.2, 0) is 19.4 Å². The second kappa shape index (κ2) is 5.82. The summed E-state index contributed by atoms with van der Waals surface area (Å²) >= 11 is 0. The summed E-state index contributed by atoms with van der Waals surface area (Å²) in [6.45, 7) is 3.69. The molecule has 0 fully saturated rings. The van der Waals surface area contributed by atoms with Gasteiger partial charge in [0.2, 0.25) is 0 Å². The summed E-state index contributed by atoms with van der Waals surface area (Å²) in [7, 11) is -3.41. The van der Waals surface area contributed by atoms with Crippen molar-refractivity contribution in [2.75, 3.05) is 12.4 Å². The zero-order valence-corrected chi connectivity index (χ0v) is 10.8. The second-order valence-corrected chi connectivity index (χ2v) is 5.72. The third-order valence-electron chi connectivity index (χ3n) is 2.31. The van der Waals surface area contributed by atoms with Crippen molar-refractivity contribution < 1.29 is 17.9 Å². The Morgan fingerprint density at radius 2 is 1.94 bits per heavy atom. The second-order valence-electron chi connectivity index (χ2n) is 3.64. The van der Waals surface area contributed by atoms with Crippen molar-refractivity contribution in [1.82, 2.24) is 0 Å². The third kappa shape index (κ3) is 3.85. The lowest BCUT2D eigenvalue weighted by molar-refractivity contribution is -0.142. The first-order chi connectivity index (χ1) is 7.97. The molecule has 0 aromatic heterocycles. The van der Waals surface area contributed by atoms with Gasteiger partial charge in [-0.15, -0.1) is 0 Å². The van der Waals surface area contributed by atoms with Crippen LogP contribution in [0.4, 0.5) is 0 Å². The van der Waals surface area contributed by atoms with Gasteiger partial charge >= 0.3 is 5.97 Å². The van der Waals surface area contributed by atoms with E-state index in [0.29, 0.717) is 5.56 Å². The molecule has 17 heavy (non-hydrogen) atoms. The summed E-state index contributed by atoms with van der Waals surface area (Å²) in [4.78, 5) is 11.4. The van der Waals surface area contributed by atoms with Gasteiger partial charge in [-0.25, -0.2) is 8.42 Å². The summed E-state index contributed by atoms with van der Waals surface area (Å²) in [5.74, 6) is -0.693. The molecule has 1 aromatic carbocycles. The van der Waals surface area contributed by atoms with Crippen molar-refractivity contribution in [2.24, 2.45) is 0 Å². The highest BCUT2D eigenvalue weighted by Crippen LogP contribution is 2.16. The Bertz CT molecular complexity index is 491. The van der Waals surface area contributed by atoms with Gasteiger partial charge in [0.25, 0.3) is 0 Å². The van der Waals surface area contributed by atoms with Crippen molar-refractivity contribution >= 4 is 15.8 Å². The summed E-state index contributed by atoms with van der Waals surface area (Å²) in [5, 5.41) is 0. The van der Waals surface area contributed by atoms with Crippen molar-refractivity contribution in [3.8, 4) is 0 Å². The minimum atomic E-state index is -3.41. The number of esters is 1. The van der Waals surface area contributed by atoms with E-state index in [1.165, 1.54) is 0 Å². The number of ether oxygens (including phenoxy) is 1. The smallest absolute Gasteiger partial charge is 0.306 e. The molecule has 5 heteroatoms. The Morgan fingerprint density at radius 1 is 1.29 bits per heavy atom. The molecular formula is C12H16O4S. The Hall–Kier alpha value is -1.36. The number of sulfone groups is 1. The fourth-order valence-electron chi connectivity index (χ4n) is 1.47. The average Bonchev–Trinajstić information content (AvgIpc) is 2.27. The highest BCUT2D eigenvalue weighted by atomic mass is 32.2. The van der Waals surface area contributed by atoms with Crippen LogP contribution in [0.5, 0.6) is 0 Å². The third-order valence-corrected chi connectivity index (χ3v) is 4.18. The molecule has 0 amide bonds. The zero-order chi connectivity index (χ0) is 12.9. The van der Waals surface area contributed by atoms with Gasteiger partial charge in [-0.3, -0.25) is 4.79 Å². The molecule has 0 aliphatic heterocycles. The van der Waals surface area contributed by atoms with Gasteiger partial charge in [-0.1, -0.05) is 18.2 Å². The van der Waals surface area contributed by atoms with Gasteiger partial charge in [-0.05, 0) is 25.5 Å². The average molecular weight is 256 g/mol. The maximum absolute atomic E-state index is 12.0. The number of rotatable bonds is 5. The first-order valence-electron chi connectivity index (χ1n) is 5.41. The monoisotopic (exact) mass is 256 g/mol. The molecule has 0 N–H and O–H groups in total. The number of carbonyl (C=O) groups excluding carboxylic acids is 1. The Balaban J connectivity index is 2.77. The maximum Gasteiger partial charge on any atom is 0.306 e. The van der Waals surface area contributed by atoms with Gasteiger partial charge in [0, 0.05) is 0 Å². The first-order valence-corrected chi connectivity index (χ1v) is 7.06. The molecule has 0 radical (unpaired) electrons. The largest absolute Gasteiger partial charge is 0.466 e. The van der Waals surface area contributed by atoms with Crippen LogP contribution in [0.25, 0.3) is 0 Å². The quantitative estimate of drug-likeness (QED) is 0.753. The topological polar surface area (TPSA) is 60.4 Å². The highest BCUT2D eigenvalue weighted by Gasteiger charge is 2.18. The van der Waals surface area contributed by atoms with E-state index in [-0.39, 0.29) is 23.7 Å². The number of aryl methyl sites for hydroxylation is 1. The molecule has 0 atom stereocenters. The van der Waals surface area contributed by atoms with Crippen LogP contribution in [0.1, 0.15) is 18.9 Å². The molecule has 94 valence electrons. The van der Waals surface area contributed by atoms with Crippen molar-refractivity contribution in [3.05, 3.63) is 29.8 Å². The van der Waals surface area contributed by atoms with Crippen molar-refractivity contribution in [3.63, 3.8) is 0 Å². The fourth-order valence-corrected chi connectivity index (χ4v) is 2.97. The zero-order valence-electron chi connectivity index (χ0n) is 9.97. The summed E-state index contributed by atoms with van der Waals surface area (Å²) in [6, 6.07) is 6.73. The van der Waals surface area contributed by atoms with Crippen molar-refractivity contribution in [1.29, 1.82) is 0 Å². The molecule has 0 bridgehead atoms. The Morgan fingerprint density at radius 3 is 2.53 bits per heavy atom. The van der Waals surface area contributed by atoms with Crippen LogP contribution in [0.2, 0.25) is 0 Å². The van der Waals surface area contributed by atoms with E-state index in [0.717, 1.165) is 0 Å².